The molecule has 2 fully saturated rings. The molecular weight excluding hydrogens is 388 g/mol. The number of amides is 1. The summed E-state index contributed by atoms with van der Waals surface area (Å²) >= 11 is 6.29. The van der Waals surface area contributed by atoms with Crippen molar-refractivity contribution in [3.8, 4) is 0 Å². The number of ether oxygens (including phenoxy) is 1. The zero-order valence-electron chi connectivity index (χ0n) is 18.2. The molecule has 0 aromatic carbocycles. The minimum atomic E-state index is -0.543. The Morgan fingerprint density at radius 1 is 1.34 bits per heavy atom. The van der Waals surface area contributed by atoms with Crippen molar-refractivity contribution in [2.75, 3.05) is 13.1 Å². The second-order valence-electron chi connectivity index (χ2n) is 9.39. The lowest BCUT2D eigenvalue weighted by Crippen LogP contribution is -2.51. The molecular formula is C22H35ClN4O2. The van der Waals surface area contributed by atoms with Gasteiger partial charge in [-0.3, -0.25) is 4.90 Å². The Labute approximate surface area is 179 Å². The van der Waals surface area contributed by atoms with E-state index in [0.29, 0.717) is 5.92 Å². The first kappa shape index (κ1) is 22.3. The third-order valence-electron chi connectivity index (χ3n) is 5.48. The van der Waals surface area contributed by atoms with Gasteiger partial charge in [0.15, 0.2) is 0 Å². The molecule has 1 saturated carbocycles. The van der Waals surface area contributed by atoms with Gasteiger partial charge in [-0.25, -0.2) is 14.8 Å². The van der Waals surface area contributed by atoms with Crippen molar-refractivity contribution in [2.45, 2.75) is 90.3 Å². The fourth-order valence-corrected chi connectivity index (χ4v) is 4.21. The number of halogens is 1. The van der Waals surface area contributed by atoms with Crippen LogP contribution in [0.4, 0.5) is 4.79 Å². The van der Waals surface area contributed by atoms with Gasteiger partial charge in [0.25, 0.3) is 0 Å². The number of carbonyl (C=O) groups is 1. The molecule has 0 bridgehead atoms. The molecule has 0 spiro atoms. The summed E-state index contributed by atoms with van der Waals surface area (Å²) in [7, 11) is 0. The van der Waals surface area contributed by atoms with Crippen LogP contribution in [-0.2, 0) is 11.2 Å². The summed E-state index contributed by atoms with van der Waals surface area (Å²) in [4.78, 5) is 24.3. The van der Waals surface area contributed by atoms with Crippen LogP contribution in [-0.4, -0.2) is 45.7 Å². The molecule has 1 saturated heterocycles. The number of piperidine rings is 1. The van der Waals surface area contributed by atoms with Crippen LogP contribution >= 0.6 is 11.6 Å². The van der Waals surface area contributed by atoms with Crippen LogP contribution in [0.5, 0.6) is 0 Å². The molecule has 7 heteroatoms. The van der Waals surface area contributed by atoms with Crippen LogP contribution < -0.4 is 5.32 Å². The molecule has 1 aromatic rings. The summed E-state index contributed by atoms with van der Waals surface area (Å²) in [5.41, 5.74) is 1.24. The van der Waals surface area contributed by atoms with E-state index in [9.17, 15) is 4.79 Å². The maximum absolute atomic E-state index is 13.4. The monoisotopic (exact) mass is 422 g/mol. The summed E-state index contributed by atoms with van der Waals surface area (Å²) in [6, 6.07) is 1.99. The van der Waals surface area contributed by atoms with Gasteiger partial charge in [-0.15, -0.1) is 0 Å². The lowest BCUT2D eigenvalue weighted by Gasteiger charge is -2.40. The topological polar surface area (TPSA) is 67.3 Å². The number of nitrogens with zero attached hydrogens (tertiary/aromatic N) is 3. The summed E-state index contributed by atoms with van der Waals surface area (Å²) in [5, 5.41) is 3.70. The van der Waals surface area contributed by atoms with Gasteiger partial charge in [0.1, 0.15) is 5.60 Å². The number of aromatic nitrogens is 2. The lowest BCUT2D eigenvalue weighted by molar-refractivity contribution is -0.00113. The van der Waals surface area contributed by atoms with Gasteiger partial charge in [-0.2, -0.15) is 0 Å². The van der Waals surface area contributed by atoms with Crippen molar-refractivity contribution >= 4 is 17.7 Å². The van der Waals surface area contributed by atoms with Gasteiger partial charge in [-0.05, 0) is 76.6 Å². The van der Waals surface area contributed by atoms with Crippen LogP contribution in [0.3, 0.4) is 0 Å². The molecule has 162 valence electrons. The Morgan fingerprint density at radius 3 is 2.69 bits per heavy atom. The van der Waals surface area contributed by atoms with Crippen LogP contribution in [0.1, 0.15) is 83.6 Å². The molecule has 1 N–H and O–H groups in total. The van der Waals surface area contributed by atoms with Crippen molar-refractivity contribution < 1.29 is 9.53 Å². The Bertz CT molecular complexity index is 697. The summed E-state index contributed by atoms with van der Waals surface area (Å²) in [6.45, 7) is 9.64. The van der Waals surface area contributed by atoms with Gasteiger partial charge in [0, 0.05) is 18.3 Å². The van der Waals surface area contributed by atoms with Crippen LogP contribution in [0, 0.1) is 5.92 Å². The second kappa shape index (κ2) is 9.61. The molecule has 6 nitrogen and oxygen atoms in total. The van der Waals surface area contributed by atoms with Crippen molar-refractivity contribution in [3.05, 3.63) is 22.7 Å². The Hall–Kier alpha value is -1.40. The largest absolute Gasteiger partial charge is 0.444 e. The first-order chi connectivity index (χ1) is 13.8. The molecule has 3 rings (SSSR count). The van der Waals surface area contributed by atoms with Crippen LogP contribution in [0.15, 0.2) is 6.07 Å². The molecule has 2 heterocycles. The molecule has 0 radical (unpaired) electrons. The number of carbonyl (C=O) groups excluding carboxylic acids is 1. The van der Waals surface area contributed by atoms with Crippen molar-refractivity contribution in [1.29, 1.82) is 0 Å². The minimum Gasteiger partial charge on any atom is -0.444 e. The maximum atomic E-state index is 13.4. The van der Waals surface area contributed by atoms with E-state index in [-0.39, 0.29) is 23.5 Å². The third-order valence-corrected chi connectivity index (χ3v) is 5.65. The quantitative estimate of drug-likeness (QED) is 0.632. The van der Waals surface area contributed by atoms with E-state index in [4.69, 9.17) is 16.3 Å². The van der Waals surface area contributed by atoms with Gasteiger partial charge >= 0.3 is 6.09 Å². The van der Waals surface area contributed by atoms with Gasteiger partial charge in [-0.1, -0.05) is 26.2 Å². The smallest absolute Gasteiger partial charge is 0.411 e. The molecule has 1 amide bonds. The zero-order chi connectivity index (χ0) is 21.0. The van der Waals surface area contributed by atoms with Crippen LogP contribution in [0.2, 0.25) is 5.28 Å². The van der Waals surface area contributed by atoms with Gasteiger partial charge in [0.2, 0.25) is 5.28 Å². The second-order valence-corrected chi connectivity index (χ2v) is 9.72. The van der Waals surface area contributed by atoms with Crippen molar-refractivity contribution in [1.82, 2.24) is 20.2 Å². The number of hydrogen-bond acceptors (Lipinski definition) is 5. The molecule has 2 atom stereocenters. The standard InChI is InChI=1S/C22H35ClN4O2/c1-5-7-16-13-18(26-20(23)25-16)19(12-15-9-10-15)27(17-8-6-11-24-14-17)21(28)29-22(2,3)4/h13,15,17,19,24H,5-12,14H2,1-4H3/t17?,19-/m1/s1. The van der Waals surface area contributed by atoms with Gasteiger partial charge in [0.05, 0.1) is 11.7 Å². The maximum Gasteiger partial charge on any atom is 0.411 e. The number of hydrogen-bond donors (Lipinski definition) is 1. The Morgan fingerprint density at radius 2 is 2.10 bits per heavy atom. The number of nitrogens with one attached hydrogen (secondary N) is 1. The third kappa shape index (κ3) is 6.54. The zero-order valence-corrected chi connectivity index (χ0v) is 19.0. The predicted molar refractivity (Wildman–Crippen MR) is 115 cm³/mol. The van der Waals surface area contributed by atoms with E-state index >= 15 is 0 Å². The highest BCUT2D eigenvalue weighted by atomic mass is 35.5. The molecule has 1 aliphatic heterocycles. The van der Waals surface area contributed by atoms with E-state index in [0.717, 1.165) is 56.6 Å². The molecule has 1 unspecified atom stereocenters. The first-order valence-corrected chi connectivity index (χ1v) is 11.4. The van der Waals surface area contributed by atoms with E-state index in [2.05, 4.69) is 22.2 Å². The fourth-order valence-electron chi connectivity index (χ4n) is 4.00. The molecule has 29 heavy (non-hydrogen) atoms. The average Bonchev–Trinajstić information content (AvgIpc) is 3.44. The fraction of sp³-hybridized carbons (Fsp3) is 0.773. The average molecular weight is 423 g/mol. The Balaban J connectivity index is 1.97. The SMILES string of the molecule is CCCc1cc([C@@H](CC2CC2)N(C(=O)OC(C)(C)C)C2CCCNC2)nc(Cl)n1. The van der Waals surface area contributed by atoms with Crippen molar-refractivity contribution in [2.24, 2.45) is 5.92 Å². The molecule has 1 aromatic heterocycles. The number of rotatable bonds is 7. The van der Waals surface area contributed by atoms with Crippen LogP contribution in [0.25, 0.3) is 0 Å². The summed E-state index contributed by atoms with van der Waals surface area (Å²) in [5.74, 6) is 0.629. The summed E-state index contributed by atoms with van der Waals surface area (Å²) < 4.78 is 5.85. The lowest BCUT2D eigenvalue weighted by atomic mass is 9.98. The Kier molecular flexibility index (Phi) is 7.38. The van der Waals surface area contributed by atoms with E-state index in [1.54, 1.807) is 0 Å². The minimum absolute atomic E-state index is 0.0886. The highest BCUT2D eigenvalue weighted by Gasteiger charge is 2.39. The van der Waals surface area contributed by atoms with Gasteiger partial charge < -0.3 is 10.1 Å². The van der Waals surface area contributed by atoms with E-state index < -0.39 is 5.60 Å². The van der Waals surface area contributed by atoms with E-state index in [1.165, 1.54) is 12.8 Å². The number of aryl methyl sites for hydroxylation is 1. The highest BCUT2D eigenvalue weighted by Crippen LogP contribution is 2.41. The normalized spacial score (nSPS) is 20.9. The predicted octanol–water partition coefficient (Wildman–Crippen LogP) is 4.91. The summed E-state index contributed by atoms with van der Waals surface area (Å²) in [6.07, 6.45) is 6.91. The first-order valence-electron chi connectivity index (χ1n) is 11.0. The van der Waals surface area contributed by atoms with E-state index in [1.807, 2.05) is 31.7 Å². The highest BCUT2D eigenvalue weighted by molar-refractivity contribution is 6.28. The van der Waals surface area contributed by atoms with Crippen molar-refractivity contribution in [3.63, 3.8) is 0 Å². The molecule has 1 aliphatic carbocycles. The molecule has 2 aliphatic rings.